The van der Waals surface area contributed by atoms with Crippen molar-refractivity contribution in [1.82, 2.24) is 0 Å². The average molecular weight is 678 g/mol. The lowest BCUT2D eigenvalue weighted by atomic mass is 9.68. The summed E-state index contributed by atoms with van der Waals surface area (Å²) in [6, 6.07) is 73.8. The predicted octanol–water partition coefficient (Wildman–Crippen LogP) is 13.5. The Kier molecular flexibility index (Phi) is 7.13. The van der Waals surface area contributed by atoms with Gasteiger partial charge in [-0.2, -0.15) is 0 Å². The first-order chi connectivity index (χ1) is 26.0. The Morgan fingerprint density at radius 3 is 1.49 bits per heavy atom. The molecule has 0 fully saturated rings. The van der Waals surface area contributed by atoms with E-state index in [1.807, 2.05) is 0 Å². The van der Waals surface area contributed by atoms with E-state index in [0.29, 0.717) is 0 Å². The Hall–Kier alpha value is -6.44. The third-order valence-corrected chi connectivity index (χ3v) is 11.7. The molecule has 0 saturated carbocycles. The first-order valence-electron chi connectivity index (χ1n) is 18.6. The van der Waals surface area contributed by atoms with Crippen LogP contribution in [0.3, 0.4) is 0 Å². The van der Waals surface area contributed by atoms with E-state index >= 15 is 0 Å². The van der Waals surface area contributed by atoms with E-state index in [1.54, 1.807) is 0 Å². The van der Waals surface area contributed by atoms with Crippen LogP contribution >= 0.6 is 0 Å². The molecule has 10 rings (SSSR count). The number of hydrogen-bond donors (Lipinski definition) is 0. The van der Waals surface area contributed by atoms with Crippen molar-refractivity contribution < 1.29 is 0 Å². The van der Waals surface area contributed by atoms with Gasteiger partial charge in [-0.15, -0.1) is 0 Å². The first kappa shape index (κ1) is 31.3. The van der Waals surface area contributed by atoms with E-state index in [-0.39, 0.29) is 5.41 Å². The zero-order valence-corrected chi connectivity index (χ0v) is 30.0. The number of benzene rings is 8. The molecule has 8 aromatic carbocycles. The van der Waals surface area contributed by atoms with Crippen molar-refractivity contribution in [3.8, 4) is 33.4 Å². The van der Waals surface area contributed by atoms with Gasteiger partial charge in [-0.05, 0) is 109 Å². The minimum Gasteiger partial charge on any atom is -0.310 e. The highest BCUT2D eigenvalue weighted by molar-refractivity contribution is 5.91. The van der Waals surface area contributed by atoms with Crippen LogP contribution in [0.25, 0.3) is 33.4 Å². The molecule has 0 saturated heterocycles. The fourth-order valence-corrected chi connectivity index (χ4v) is 9.28. The molecule has 0 unspecified atom stereocenters. The van der Waals surface area contributed by atoms with Crippen molar-refractivity contribution >= 4 is 17.1 Å². The van der Waals surface area contributed by atoms with Crippen molar-refractivity contribution in [3.05, 3.63) is 234 Å². The van der Waals surface area contributed by atoms with Gasteiger partial charge in [0.05, 0.1) is 5.41 Å². The van der Waals surface area contributed by atoms with Gasteiger partial charge in [0.1, 0.15) is 0 Å². The van der Waals surface area contributed by atoms with Crippen LogP contribution in [-0.2, 0) is 10.8 Å². The summed E-state index contributed by atoms with van der Waals surface area (Å²) in [4.78, 5) is 2.43. The quantitative estimate of drug-likeness (QED) is 0.169. The highest BCUT2D eigenvalue weighted by atomic mass is 15.1. The van der Waals surface area contributed by atoms with Crippen LogP contribution in [0.15, 0.2) is 200 Å². The van der Waals surface area contributed by atoms with E-state index in [1.165, 1.54) is 66.8 Å². The van der Waals surface area contributed by atoms with E-state index in [2.05, 4.69) is 219 Å². The maximum absolute atomic E-state index is 2.43. The topological polar surface area (TPSA) is 3.24 Å². The molecule has 2 aliphatic rings. The van der Waals surface area contributed by atoms with E-state index < -0.39 is 5.41 Å². The van der Waals surface area contributed by atoms with Crippen molar-refractivity contribution in [2.75, 3.05) is 4.90 Å². The Bertz CT molecular complexity index is 2580. The van der Waals surface area contributed by atoms with Crippen molar-refractivity contribution in [2.45, 2.75) is 24.7 Å². The van der Waals surface area contributed by atoms with Crippen LogP contribution in [-0.4, -0.2) is 0 Å². The molecule has 0 spiro atoms. The lowest BCUT2D eigenvalue weighted by molar-refractivity contribution is 0.660. The summed E-state index contributed by atoms with van der Waals surface area (Å²) in [5.74, 6) is 0. The second kappa shape index (κ2) is 12.1. The Morgan fingerprint density at radius 2 is 0.811 bits per heavy atom. The van der Waals surface area contributed by atoms with Crippen molar-refractivity contribution in [1.29, 1.82) is 0 Å². The average Bonchev–Trinajstić information content (AvgIpc) is 3.64. The molecule has 0 radical (unpaired) electrons. The Balaban J connectivity index is 1.15. The van der Waals surface area contributed by atoms with E-state index in [9.17, 15) is 0 Å². The lowest BCUT2D eigenvalue weighted by Gasteiger charge is -2.34. The van der Waals surface area contributed by atoms with Gasteiger partial charge in [-0.25, -0.2) is 0 Å². The van der Waals surface area contributed by atoms with Gasteiger partial charge in [0.25, 0.3) is 0 Å². The van der Waals surface area contributed by atoms with Crippen molar-refractivity contribution in [2.24, 2.45) is 0 Å². The first-order valence-corrected chi connectivity index (χ1v) is 18.6. The number of nitrogens with zero attached hydrogens (tertiary/aromatic N) is 1. The molecule has 0 amide bonds. The SMILES string of the molecule is CC1(C)c2cc(-c3ccccc3)ccc2-c2ccc(N(c3ccccc3)c3ccc4c(c3)-c3ccccc3C4(c3ccccc3)c3ccccc3)cc21. The molecule has 1 heteroatoms. The molecular weight excluding hydrogens is 639 g/mol. The molecule has 2 aliphatic carbocycles. The molecule has 0 bridgehead atoms. The molecule has 0 heterocycles. The fraction of sp³-hybridized carbons (Fsp3) is 0.0769. The highest BCUT2D eigenvalue weighted by Gasteiger charge is 2.46. The Labute approximate surface area is 312 Å². The molecule has 0 N–H and O–H groups in total. The van der Waals surface area contributed by atoms with Crippen LogP contribution in [0.5, 0.6) is 0 Å². The third kappa shape index (κ3) is 4.70. The number of hydrogen-bond acceptors (Lipinski definition) is 1. The molecule has 1 nitrogen and oxygen atoms in total. The summed E-state index contributed by atoms with van der Waals surface area (Å²) in [6.07, 6.45) is 0. The maximum atomic E-state index is 2.43. The number of anilines is 3. The van der Waals surface area contributed by atoms with Crippen LogP contribution in [0.1, 0.15) is 47.2 Å². The van der Waals surface area contributed by atoms with Gasteiger partial charge in [-0.3, -0.25) is 0 Å². The summed E-state index contributed by atoms with van der Waals surface area (Å²) in [6.45, 7) is 4.75. The second-order valence-electron chi connectivity index (χ2n) is 14.9. The van der Waals surface area contributed by atoms with Gasteiger partial charge >= 0.3 is 0 Å². The van der Waals surface area contributed by atoms with Crippen LogP contribution < -0.4 is 4.90 Å². The molecule has 0 aliphatic heterocycles. The molecule has 53 heavy (non-hydrogen) atoms. The summed E-state index contributed by atoms with van der Waals surface area (Å²) < 4.78 is 0. The second-order valence-corrected chi connectivity index (χ2v) is 14.9. The number of rotatable bonds is 6. The highest BCUT2D eigenvalue weighted by Crippen LogP contribution is 2.57. The molecule has 0 atom stereocenters. The summed E-state index contributed by atoms with van der Waals surface area (Å²) in [5, 5.41) is 0. The molecule has 8 aromatic rings. The zero-order chi connectivity index (χ0) is 35.6. The Morgan fingerprint density at radius 1 is 0.321 bits per heavy atom. The summed E-state index contributed by atoms with van der Waals surface area (Å²) >= 11 is 0. The minimum absolute atomic E-state index is 0.157. The third-order valence-electron chi connectivity index (χ3n) is 11.7. The smallest absolute Gasteiger partial charge is 0.0713 e. The summed E-state index contributed by atoms with van der Waals surface area (Å²) in [5.41, 5.74) is 18.5. The largest absolute Gasteiger partial charge is 0.310 e. The minimum atomic E-state index is -0.424. The molecule has 252 valence electrons. The number of fused-ring (bicyclic) bond motifs is 6. The molecule has 0 aromatic heterocycles. The lowest BCUT2D eigenvalue weighted by Crippen LogP contribution is -2.28. The van der Waals surface area contributed by atoms with Gasteiger partial charge in [-0.1, -0.05) is 172 Å². The summed E-state index contributed by atoms with van der Waals surface area (Å²) in [7, 11) is 0. The fourth-order valence-electron chi connectivity index (χ4n) is 9.28. The van der Waals surface area contributed by atoms with Crippen LogP contribution in [0.4, 0.5) is 17.1 Å². The molecular formula is C52H39N. The van der Waals surface area contributed by atoms with E-state index in [4.69, 9.17) is 0 Å². The van der Waals surface area contributed by atoms with Gasteiger partial charge in [0, 0.05) is 22.5 Å². The predicted molar refractivity (Wildman–Crippen MR) is 221 cm³/mol. The number of para-hydroxylation sites is 1. The monoisotopic (exact) mass is 677 g/mol. The standard InChI is InChI=1S/C52H39N/c1-51(2)49-33-37(36-17-7-3-8-18-36)27-30-44(49)45-31-28-42(35-50(45)51)53(40-23-13-6-14-24-40)41-29-32-48-46(34-41)43-25-15-16-26-47(43)52(48,38-19-9-4-10-20-38)39-21-11-5-12-22-39/h3-35H,1-2H3. The maximum Gasteiger partial charge on any atom is 0.0713 e. The van der Waals surface area contributed by atoms with Gasteiger partial charge < -0.3 is 4.90 Å². The zero-order valence-electron chi connectivity index (χ0n) is 30.0. The van der Waals surface area contributed by atoms with Crippen LogP contribution in [0, 0.1) is 0 Å². The normalized spacial score (nSPS) is 14.2. The van der Waals surface area contributed by atoms with Gasteiger partial charge in [0.15, 0.2) is 0 Å². The van der Waals surface area contributed by atoms with Gasteiger partial charge in [0.2, 0.25) is 0 Å². The van der Waals surface area contributed by atoms with Crippen LogP contribution in [0.2, 0.25) is 0 Å². The van der Waals surface area contributed by atoms with E-state index in [0.717, 1.165) is 17.1 Å². The van der Waals surface area contributed by atoms with Crippen molar-refractivity contribution in [3.63, 3.8) is 0 Å².